The smallest absolute Gasteiger partial charge is 0.304 e. The number of carbonyl (C=O) groups excluding carboxylic acids is 2. The Kier molecular flexibility index (Phi) is 2.65. The molecule has 0 unspecified atom stereocenters. The van der Waals surface area contributed by atoms with Crippen molar-refractivity contribution in [2.75, 3.05) is 6.61 Å². The number of hydrogen-bond acceptors (Lipinski definition) is 4. The summed E-state index contributed by atoms with van der Waals surface area (Å²) in [7, 11) is 0. The fourth-order valence-corrected chi connectivity index (χ4v) is 1.10. The summed E-state index contributed by atoms with van der Waals surface area (Å²) < 4.78 is 4.74. The van der Waals surface area contributed by atoms with Crippen molar-refractivity contribution in [3.05, 3.63) is 0 Å². The summed E-state index contributed by atoms with van der Waals surface area (Å²) >= 11 is 0. The van der Waals surface area contributed by atoms with E-state index >= 15 is 0 Å². The molecule has 68 valence electrons. The van der Waals surface area contributed by atoms with Crippen LogP contribution in [-0.4, -0.2) is 29.8 Å². The standard InChI is InChI=1S/C7H11NO4/c1-4(10)12-7-5(2-3-9)6(11)8-7/h5,7,9H,2-3H2,1H3,(H,8,11)/t5-,7+/m0/s1. The summed E-state index contributed by atoms with van der Waals surface area (Å²) in [4.78, 5) is 21.3. The molecule has 0 aromatic rings. The molecule has 1 rings (SSSR count). The molecule has 1 amide bonds. The number of amides is 1. The molecule has 1 fully saturated rings. The van der Waals surface area contributed by atoms with Gasteiger partial charge >= 0.3 is 5.97 Å². The Morgan fingerprint density at radius 3 is 2.83 bits per heavy atom. The van der Waals surface area contributed by atoms with Crippen LogP contribution in [0.1, 0.15) is 13.3 Å². The summed E-state index contributed by atoms with van der Waals surface area (Å²) in [5, 5.41) is 11.0. The Hall–Kier alpha value is -1.10. The molecular formula is C7H11NO4. The minimum absolute atomic E-state index is 0.0736. The van der Waals surface area contributed by atoms with Crippen LogP contribution >= 0.6 is 0 Å². The third-order valence-corrected chi connectivity index (χ3v) is 1.72. The van der Waals surface area contributed by atoms with Crippen LogP contribution in [0.4, 0.5) is 0 Å². The van der Waals surface area contributed by atoms with Gasteiger partial charge in [-0.3, -0.25) is 9.59 Å². The molecule has 0 saturated carbocycles. The number of carbonyl (C=O) groups is 2. The van der Waals surface area contributed by atoms with Gasteiger partial charge in [-0.15, -0.1) is 0 Å². The number of esters is 1. The van der Waals surface area contributed by atoms with Crippen LogP contribution in [0.25, 0.3) is 0 Å². The molecule has 12 heavy (non-hydrogen) atoms. The Labute approximate surface area is 69.7 Å². The van der Waals surface area contributed by atoms with E-state index in [2.05, 4.69) is 5.32 Å². The predicted octanol–water partition coefficient (Wildman–Crippen LogP) is -0.996. The van der Waals surface area contributed by atoms with Gasteiger partial charge in [0.2, 0.25) is 5.91 Å². The summed E-state index contributed by atoms with van der Waals surface area (Å²) in [6, 6.07) is 0. The summed E-state index contributed by atoms with van der Waals surface area (Å²) in [6.07, 6.45) is -0.203. The van der Waals surface area contributed by atoms with Gasteiger partial charge in [0.05, 0.1) is 5.92 Å². The molecule has 0 aromatic carbocycles. The van der Waals surface area contributed by atoms with Crippen LogP contribution in [0.15, 0.2) is 0 Å². The Morgan fingerprint density at radius 1 is 1.75 bits per heavy atom. The highest BCUT2D eigenvalue weighted by atomic mass is 16.6. The maximum absolute atomic E-state index is 10.8. The second-order valence-corrected chi connectivity index (χ2v) is 2.66. The van der Waals surface area contributed by atoms with Crippen LogP contribution in [0.3, 0.4) is 0 Å². The van der Waals surface area contributed by atoms with Crippen LogP contribution in [0, 0.1) is 5.92 Å². The molecule has 0 radical (unpaired) electrons. The van der Waals surface area contributed by atoms with Gasteiger partial charge in [-0.05, 0) is 6.42 Å². The number of nitrogens with one attached hydrogen (secondary N) is 1. The number of aliphatic hydroxyl groups is 1. The van der Waals surface area contributed by atoms with E-state index in [0.29, 0.717) is 6.42 Å². The molecular weight excluding hydrogens is 162 g/mol. The Bertz CT molecular complexity index is 204. The van der Waals surface area contributed by atoms with Gasteiger partial charge in [0, 0.05) is 13.5 Å². The number of ether oxygens (including phenoxy) is 1. The van der Waals surface area contributed by atoms with E-state index in [1.807, 2.05) is 0 Å². The third-order valence-electron chi connectivity index (χ3n) is 1.72. The molecule has 5 nitrogen and oxygen atoms in total. The van der Waals surface area contributed by atoms with E-state index in [1.54, 1.807) is 0 Å². The molecule has 1 saturated heterocycles. The Morgan fingerprint density at radius 2 is 2.42 bits per heavy atom. The van der Waals surface area contributed by atoms with Crippen molar-refractivity contribution in [1.82, 2.24) is 5.32 Å². The second-order valence-electron chi connectivity index (χ2n) is 2.66. The maximum Gasteiger partial charge on any atom is 0.304 e. The highest BCUT2D eigenvalue weighted by Crippen LogP contribution is 2.19. The average Bonchev–Trinajstić information content (AvgIpc) is 1.99. The van der Waals surface area contributed by atoms with Gasteiger partial charge in [-0.2, -0.15) is 0 Å². The molecule has 0 aliphatic carbocycles. The maximum atomic E-state index is 10.8. The lowest BCUT2D eigenvalue weighted by atomic mass is 9.96. The van der Waals surface area contributed by atoms with Gasteiger partial charge < -0.3 is 15.2 Å². The zero-order valence-corrected chi connectivity index (χ0v) is 6.74. The molecule has 5 heteroatoms. The zero-order valence-electron chi connectivity index (χ0n) is 6.74. The molecule has 0 aromatic heterocycles. The molecule has 1 aliphatic rings. The second kappa shape index (κ2) is 3.53. The fourth-order valence-electron chi connectivity index (χ4n) is 1.10. The third kappa shape index (κ3) is 1.73. The zero-order chi connectivity index (χ0) is 9.14. The normalized spacial score (nSPS) is 27.3. The monoisotopic (exact) mass is 173 g/mol. The van der Waals surface area contributed by atoms with Crippen molar-refractivity contribution < 1.29 is 19.4 Å². The first-order valence-corrected chi connectivity index (χ1v) is 3.73. The molecule has 2 atom stereocenters. The highest BCUT2D eigenvalue weighted by molar-refractivity contribution is 5.86. The number of rotatable bonds is 3. The quantitative estimate of drug-likeness (QED) is 0.424. The topological polar surface area (TPSA) is 75.6 Å². The molecule has 0 spiro atoms. The van der Waals surface area contributed by atoms with Crippen molar-refractivity contribution in [2.45, 2.75) is 19.6 Å². The average molecular weight is 173 g/mol. The largest absolute Gasteiger partial charge is 0.441 e. The van der Waals surface area contributed by atoms with E-state index in [9.17, 15) is 9.59 Å². The lowest BCUT2D eigenvalue weighted by molar-refractivity contribution is -0.168. The van der Waals surface area contributed by atoms with E-state index in [0.717, 1.165) is 0 Å². The van der Waals surface area contributed by atoms with Gasteiger partial charge in [0.1, 0.15) is 0 Å². The van der Waals surface area contributed by atoms with Crippen LogP contribution in [0.2, 0.25) is 0 Å². The number of hydrogen-bond donors (Lipinski definition) is 2. The van der Waals surface area contributed by atoms with E-state index in [-0.39, 0.29) is 18.4 Å². The molecule has 1 heterocycles. The van der Waals surface area contributed by atoms with E-state index in [4.69, 9.17) is 9.84 Å². The molecule has 1 aliphatic heterocycles. The van der Waals surface area contributed by atoms with Gasteiger partial charge in [-0.1, -0.05) is 0 Å². The molecule has 0 bridgehead atoms. The minimum Gasteiger partial charge on any atom is -0.441 e. The minimum atomic E-state index is -0.540. The first-order chi connectivity index (χ1) is 5.65. The van der Waals surface area contributed by atoms with Crippen molar-refractivity contribution in [3.8, 4) is 0 Å². The first-order valence-electron chi connectivity index (χ1n) is 3.73. The fraction of sp³-hybridized carbons (Fsp3) is 0.714. The summed E-state index contributed by atoms with van der Waals surface area (Å²) in [5.74, 6) is -0.975. The van der Waals surface area contributed by atoms with Crippen molar-refractivity contribution >= 4 is 11.9 Å². The van der Waals surface area contributed by atoms with Gasteiger partial charge in [-0.25, -0.2) is 0 Å². The summed E-state index contributed by atoms with van der Waals surface area (Å²) in [5.41, 5.74) is 0. The summed E-state index contributed by atoms with van der Waals surface area (Å²) in [6.45, 7) is 1.20. The van der Waals surface area contributed by atoms with Crippen LogP contribution < -0.4 is 5.32 Å². The predicted molar refractivity (Wildman–Crippen MR) is 38.9 cm³/mol. The van der Waals surface area contributed by atoms with E-state index in [1.165, 1.54) is 6.92 Å². The first kappa shape index (κ1) is 8.99. The van der Waals surface area contributed by atoms with Crippen molar-refractivity contribution in [3.63, 3.8) is 0 Å². The lowest BCUT2D eigenvalue weighted by Crippen LogP contribution is -2.60. The van der Waals surface area contributed by atoms with E-state index < -0.39 is 12.2 Å². The SMILES string of the molecule is CC(=O)O[C@H]1NC(=O)[C@@H]1CCO. The van der Waals surface area contributed by atoms with Crippen LogP contribution in [0.5, 0.6) is 0 Å². The number of aliphatic hydroxyl groups excluding tert-OH is 1. The molecule has 2 N–H and O–H groups in total. The van der Waals surface area contributed by atoms with Gasteiger partial charge in [0.15, 0.2) is 6.23 Å². The lowest BCUT2D eigenvalue weighted by Gasteiger charge is -2.35. The van der Waals surface area contributed by atoms with Crippen molar-refractivity contribution in [1.29, 1.82) is 0 Å². The number of β-lactam (4-membered cyclic amide) rings is 1. The van der Waals surface area contributed by atoms with Crippen molar-refractivity contribution in [2.24, 2.45) is 5.92 Å². The highest BCUT2D eigenvalue weighted by Gasteiger charge is 2.40. The van der Waals surface area contributed by atoms with Gasteiger partial charge in [0.25, 0.3) is 0 Å². The van der Waals surface area contributed by atoms with Crippen LogP contribution in [-0.2, 0) is 14.3 Å². The Balaban J connectivity index is 2.37.